The van der Waals surface area contributed by atoms with E-state index in [-0.39, 0.29) is 11.5 Å². The third kappa shape index (κ3) is 3.04. The van der Waals surface area contributed by atoms with Crippen LogP contribution in [0.2, 0.25) is 0 Å². The number of nitrogens with one attached hydrogen (secondary N) is 1. The van der Waals surface area contributed by atoms with Crippen LogP contribution >= 0.6 is 15.9 Å². The van der Waals surface area contributed by atoms with Gasteiger partial charge in [-0.2, -0.15) is 0 Å². The van der Waals surface area contributed by atoms with Crippen LogP contribution in [0.4, 0.5) is 5.69 Å². The van der Waals surface area contributed by atoms with E-state index in [1.807, 2.05) is 0 Å². The number of anilines is 1. The van der Waals surface area contributed by atoms with Crippen LogP contribution in [-0.2, 0) is 4.79 Å². The Morgan fingerprint density at radius 3 is 2.62 bits per heavy atom. The zero-order valence-corrected chi connectivity index (χ0v) is 10.1. The average molecular weight is 287 g/mol. The van der Waals surface area contributed by atoms with Crippen LogP contribution < -0.4 is 11.1 Å². The molecule has 0 aliphatic heterocycles. The van der Waals surface area contributed by atoms with Crippen molar-refractivity contribution < 1.29 is 14.7 Å². The number of carboxylic acid groups (broad SMARTS) is 1. The molecule has 0 aliphatic rings. The van der Waals surface area contributed by atoms with Crippen molar-refractivity contribution in [2.75, 3.05) is 5.32 Å². The standard InChI is InChI=1S/C10H11BrN2O3/c1-5(12)9(14)13-8-4-6(10(15)16)2-3-7(8)11/h2-5H,12H2,1H3,(H,13,14)(H,15,16)/t5-/m0/s1. The Morgan fingerprint density at radius 1 is 1.50 bits per heavy atom. The van der Waals surface area contributed by atoms with Gasteiger partial charge in [-0.3, -0.25) is 4.79 Å². The second kappa shape index (κ2) is 5.09. The summed E-state index contributed by atoms with van der Waals surface area (Å²) in [5.41, 5.74) is 5.88. The van der Waals surface area contributed by atoms with Gasteiger partial charge in [0, 0.05) is 4.47 Å². The molecule has 1 aromatic carbocycles. The van der Waals surface area contributed by atoms with Crippen LogP contribution in [0.5, 0.6) is 0 Å². The van der Waals surface area contributed by atoms with Crippen LogP contribution in [0.25, 0.3) is 0 Å². The highest BCUT2D eigenvalue weighted by atomic mass is 79.9. The topological polar surface area (TPSA) is 92.4 Å². The van der Waals surface area contributed by atoms with E-state index in [0.29, 0.717) is 10.2 Å². The molecule has 0 radical (unpaired) electrons. The highest BCUT2D eigenvalue weighted by Gasteiger charge is 2.12. The lowest BCUT2D eigenvalue weighted by Crippen LogP contribution is -2.32. The summed E-state index contributed by atoms with van der Waals surface area (Å²) >= 11 is 3.21. The summed E-state index contributed by atoms with van der Waals surface area (Å²) in [6.45, 7) is 1.55. The number of nitrogens with two attached hydrogens (primary N) is 1. The second-order valence-corrected chi connectivity index (χ2v) is 4.13. The first kappa shape index (κ1) is 12.7. The summed E-state index contributed by atoms with van der Waals surface area (Å²) < 4.78 is 0.603. The van der Waals surface area contributed by atoms with Crippen LogP contribution in [0, 0.1) is 0 Å². The molecule has 1 aromatic rings. The van der Waals surface area contributed by atoms with Crippen LogP contribution in [-0.4, -0.2) is 23.0 Å². The summed E-state index contributed by atoms with van der Waals surface area (Å²) in [6, 6.07) is 3.71. The number of rotatable bonds is 3. The van der Waals surface area contributed by atoms with E-state index in [2.05, 4.69) is 21.2 Å². The van der Waals surface area contributed by atoms with Crippen molar-refractivity contribution in [1.29, 1.82) is 0 Å². The fraction of sp³-hybridized carbons (Fsp3) is 0.200. The van der Waals surface area contributed by atoms with Gasteiger partial charge in [0.15, 0.2) is 0 Å². The molecule has 1 amide bonds. The Morgan fingerprint density at radius 2 is 2.12 bits per heavy atom. The fourth-order valence-electron chi connectivity index (χ4n) is 1.00. The van der Waals surface area contributed by atoms with E-state index in [1.165, 1.54) is 12.1 Å². The second-order valence-electron chi connectivity index (χ2n) is 3.28. The molecular weight excluding hydrogens is 276 g/mol. The summed E-state index contributed by atoms with van der Waals surface area (Å²) in [6.07, 6.45) is 0. The van der Waals surface area contributed by atoms with Crippen LogP contribution in [0.15, 0.2) is 22.7 Å². The number of carbonyl (C=O) groups is 2. The average Bonchev–Trinajstić information content (AvgIpc) is 2.20. The van der Waals surface area contributed by atoms with E-state index >= 15 is 0 Å². The van der Waals surface area contributed by atoms with Gasteiger partial charge in [-0.1, -0.05) is 0 Å². The molecular formula is C10H11BrN2O3. The van der Waals surface area contributed by atoms with Gasteiger partial charge in [0.2, 0.25) is 5.91 Å². The third-order valence-electron chi connectivity index (χ3n) is 1.88. The highest BCUT2D eigenvalue weighted by molar-refractivity contribution is 9.10. The summed E-state index contributed by atoms with van der Waals surface area (Å²) in [4.78, 5) is 22.1. The molecule has 0 bridgehead atoms. The lowest BCUT2D eigenvalue weighted by molar-refractivity contribution is -0.117. The number of amides is 1. The van der Waals surface area contributed by atoms with Gasteiger partial charge in [0.05, 0.1) is 17.3 Å². The first-order valence-corrected chi connectivity index (χ1v) is 5.30. The van der Waals surface area contributed by atoms with Crippen molar-refractivity contribution >= 4 is 33.5 Å². The number of aromatic carboxylic acids is 1. The lowest BCUT2D eigenvalue weighted by Gasteiger charge is -2.10. The molecule has 0 fully saturated rings. The SMILES string of the molecule is C[C@H](N)C(=O)Nc1cc(C(=O)O)ccc1Br. The molecule has 0 aliphatic carbocycles. The first-order chi connectivity index (χ1) is 7.41. The van der Waals surface area contributed by atoms with Gasteiger partial charge >= 0.3 is 5.97 Å². The maximum atomic E-state index is 11.3. The van der Waals surface area contributed by atoms with Crippen molar-refractivity contribution in [3.05, 3.63) is 28.2 Å². The van der Waals surface area contributed by atoms with Gasteiger partial charge in [0.25, 0.3) is 0 Å². The van der Waals surface area contributed by atoms with E-state index in [0.717, 1.165) is 0 Å². The predicted molar refractivity (Wildman–Crippen MR) is 63.4 cm³/mol. The van der Waals surface area contributed by atoms with Gasteiger partial charge in [-0.15, -0.1) is 0 Å². The number of carboxylic acids is 1. The minimum Gasteiger partial charge on any atom is -0.478 e. The quantitative estimate of drug-likeness (QED) is 0.784. The maximum Gasteiger partial charge on any atom is 0.335 e. The Kier molecular flexibility index (Phi) is 4.03. The largest absolute Gasteiger partial charge is 0.478 e. The Balaban J connectivity index is 2.99. The minimum atomic E-state index is -1.05. The highest BCUT2D eigenvalue weighted by Crippen LogP contribution is 2.23. The van der Waals surface area contributed by atoms with Crippen molar-refractivity contribution in [1.82, 2.24) is 0 Å². The summed E-state index contributed by atoms with van der Waals surface area (Å²) in [5, 5.41) is 11.3. The molecule has 0 heterocycles. The fourth-order valence-corrected chi connectivity index (χ4v) is 1.35. The van der Waals surface area contributed by atoms with Crippen molar-refractivity contribution in [2.45, 2.75) is 13.0 Å². The first-order valence-electron chi connectivity index (χ1n) is 4.51. The van der Waals surface area contributed by atoms with E-state index in [4.69, 9.17) is 10.8 Å². The van der Waals surface area contributed by atoms with Crippen LogP contribution in [0.1, 0.15) is 17.3 Å². The van der Waals surface area contributed by atoms with Gasteiger partial charge in [-0.25, -0.2) is 4.79 Å². The third-order valence-corrected chi connectivity index (χ3v) is 2.58. The molecule has 16 heavy (non-hydrogen) atoms. The summed E-state index contributed by atoms with van der Waals surface area (Å²) in [5.74, 6) is -1.42. The summed E-state index contributed by atoms with van der Waals surface area (Å²) in [7, 11) is 0. The van der Waals surface area contributed by atoms with Gasteiger partial charge < -0.3 is 16.2 Å². The molecule has 1 rings (SSSR count). The van der Waals surface area contributed by atoms with Crippen LogP contribution in [0.3, 0.4) is 0 Å². The molecule has 0 aromatic heterocycles. The van der Waals surface area contributed by atoms with E-state index in [1.54, 1.807) is 13.0 Å². The Bertz CT molecular complexity index is 432. The molecule has 0 saturated carbocycles. The van der Waals surface area contributed by atoms with Gasteiger partial charge in [0.1, 0.15) is 0 Å². The van der Waals surface area contributed by atoms with Crippen molar-refractivity contribution in [3.8, 4) is 0 Å². The van der Waals surface area contributed by atoms with E-state index < -0.39 is 12.0 Å². The Hall–Kier alpha value is -1.40. The minimum absolute atomic E-state index is 0.100. The molecule has 0 unspecified atom stereocenters. The number of hydrogen-bond donors (Lipinski definition) is 3. The van der Waals surface area contributed by atoms with Crippen molar-refractivity contribution in [2.24, 2.45) is 5.73 Å². The van der Waals surface area contributed by atoms with Crippen molar-refractivity contribution in [3.63, 3.8) is 0 Å². The zero-order valence-electron chi connectivity index (χ0n) is 8.53. The Labute approximate surface area is 101 Å². The number of benzene rings is 1. The molecule has 0 saturated heterocycles. The molecule has 6 heteroatoms. The zero-order chi connectivity index (χ0) is 12.3. The maximum absolute atomic E-state index is 11.3. The van der Waals surface area contributed by atoms with E-state index in [9.17, 15) is 9.59 Å². The number of halogens is 1. The smallest absolute Gasteiger partial charge is 0.335 e. The molecule has 1 atom stereocenters. The monoisotopic (exact) mass is 286 g/mol. The predicted octanol–water partition coefficient (Wildman–Crippen LogP) is 1.43. The molecule has 86 valence electrons. The molecule has 5 nitrogen and oxygen atoms in total. The molecule has 0 spiro atoms. The lowest BCUT2D eigenvalue weighted by atomic mass is 10.2. The number of carbonyl (C=O) groups excluding carboxylic acids is 1. The normalized spacial score (nSPS) is 11.9. The van der Waals surface area contributed by atoms with Gasteiger partial charge in [-0.05, 0) is 41.1 Å². The molecule has 4 N–H and O–H groups in total. The number of hydrogen-bond acceptors (Lipinski definition) is 3.